The molecule has 1 heterocycles. The minimum Gasteiger partial charge on any atom is -0.383 e. The van der Waals surface area contributed by atoms with E-state index in [1.807, 2.05) is 12.1 Å². The van der Waals surface area contributed by atoms with Crippen LogP contribution < -0.4 is 5.73 Å². The molecule has 0 saturated heterocycles. The number of nitrogens with zero attached hydrogens (tertiary/aromatic N) is 1. The summed E-state index contributed by atoms with van der Waals surface area (Å²) < 4.78 is 0. The third-order valence-corrected chi connectivity index (χ3v) is 3.20. The van der Waals surface area contributed by atoms with E-state index >= 15 is 0 Å². The molecule has 1 aromatic rings. The molecule has 72 valence electrons. The molecule has 0 aromatic carbocycles. The topological polar surface area (TPSA) is 38.9 Å². The summed E-state index contributed by atoms with van der Waals surface area (Å²) in [5.41, 5.74) is 6.89. The average Bonchev–Trinajstić information content (AvgIpc) is 2.16. The highest BCUT2D eigenvalue weighted by atomic mass is 79.9. The Morgan fingerprint density at radius 1 is 1.62 bits per heavy atom. The van der Waals surface area contributed by atoms with Crippen LogP contribution in [0, 0.1) is 5.92 Å². The summed E-state index contributed by atoms with van der Waals surface area (Å²) >= 11 is 3.46. The van der Waals surface area contributed by atoms with Crippen LogP contribution >= 0.6 is 15.9 Å². The fourth-order valence-corrected chi connectivity index (χ4v) is 1.47. The fourth-order valence-electron chi connectivity index (χ4n) is 1.14. The summed E-state index contributed by atoms with van der Waals surface area (Å²) in [7, 11) is 0. The molecule has 1 aromatic heterocycles. The second-order valence-electron chi connectivity index (χ2n) is 3.35. The summed E-state index contributed by atoms with van der Waals surface area (Å²) in [6.07, 6.45) is 3.90. The minimum absolute atomic E-state index is 0.671. The average molecular weight is 243 g/mol. The Balaban J connectivity index is 2.50. The van der Waals surface area contributed by atoms with E-state index in [1.54, 1.807) is 6.20 Å². The Kier molecular flexibility index (Phi) is 4.22. The van der Waals surface area contributed by atoms with Crippen molar-refractivity contribution >= 4 is 21.7 Å². The van der Waals surface area contributed by atoms with Crippen molar-refractivity contribution < 1.29 is 0 Å². The van der Waals surface area contributed by atoms with E-state index < -0.39 is 0 Å². The minimum atomic E-state index is 0.671. The summed E-state index contributed by atoms with van der Waals surface area (Å²) in [6.45, 7) is 2.22. The molecule has 0 bridgehead atoms. The molecule has 13 heavy (non-hydrogen) atoms. The van der Waals surface area contributed by atoms with Gasteiger partial charge >= 0.3 is 0 Å². The molecule has 0 amide bonds. The number of aromatic nitrogens is 1. The number of nitrogen functional groups attached to an aromatic ring is 1. The summed E-state index contributed by atoms with van der Waals surface area (Å²) in [4.78, 5) is 4.05. The monoisotopic (exact) mass is 242 g/mol. The van der Waals surface area contributed by atoms with Gasteiger partial charge in [-0.25, -0.2) is 4.98 Å². The first-order chi connectivity index (χ1) is 6.24. The molecule has 3 heteroatoms. The Morgan fingerprint density at radius 2 is 2.38 bits per heavy atom. The molecule has 1 unspecified atom stereocenters. The van der Waals surface area contributed by atoms with Crippen molar-refractivity contribution in [3.8, 4) is 0 Å². The molecule has 2 N–H and O–H groups in total. The lowest BCUT2D eigenvalue weighted by atomic mass is 10.0. The zero-order chi connectivity index (χ0) is 9.68. The van der Waals surface area contributed by atoms with Crippen LogP contribution in [0.15, 0.2) is 18.3 Å². The predicted octanol–water partition coefficient (Wildman–Crippen LogP) is 2.63. The number of hydrogen-bond acceptors (Lipinski definition) is 2. The lowest BCUT2D eigenvalue weighted by Gasteiger charge is -2.08. The first kappa shape index (κ1) is 10.5. The van der Waals surface area contributed by atoms with Crippen molar-refractivity contribution in [2.24, 2.45) is 5.92 Å². The third kappa shape index (κ3) is 3.35. The van der Waals surface area contributed by atoms with Gasteiger partial charge in [0.05, 0.1) is 0 Å². The molecular formula is C10H15BrN2. The molecule has 1 atom stereocenters. The van der Waals surface area contributed by atoms with Crippen LogP contribution in [0.4, 0.5) is 5.82 Å². The first-order valence-electron chi connectivity index (χ1n) is 4.49. The lowest BCUT2D eigenvalue weighted by Crippen LogP contribution is -2.01. The number of hydrogen-bond donors (Lipinski definition) is 1. The van der Waals surface area contributed by atoms with Crippen molar-refractivity contribution in [2.45, 2.75) is 19.8 Å². The van der Waals surface area contributed by atoms with Gasteiger partial charge in [0.25, 0.3) is 0 Å². The van der Waals surface area contributed by atoms with E-state index in [0.717, 1.165) is 23.7 Å². The summed E-state index contributed by atoms with van der Waals surface area (Å²) in [5, 5.41) is 1.05. The third-order valence-electron chi connectivity index (χ3n) is 2.10. The summed E-state index contributed by atoms with van der Waals surface area (Å²) in [6, 6.07) is 3.98. The van der Waals surface area contributed by atoms with E-state index in [1.165, 1.54) is 0 Å². The number of rotatable bonds is 4. The van der Waals surface area contributed by atoms with E-state index in [2.05, 4.69) is 27.8 Å². The van der Waals surface area contributed by atoms with Crippen LogP contribution in [0.2, 0.25) is 0 Å². The number of pyridine rings is 1. The first-order valence-corrected chi connectivity index (χ1v) is 5.61. The Morgan fingerprint density at radius 3 is 3.00 bits per heavy atom. The van der Waals surface area contributed by atoms with Crippen molar-refractivity contribution in [1.29, 1.82) is 0 Å². The van der Waals surface area contributed by atoms with Crippen LogP contribution in [0.3, 0.4) is 0 Å². The molecule has 0 radical (unpaired) electrons. The largest absolute Gasteiger partial charge is 0.383 e. The SMILES string of the molecule is CC(CBr)CCc1cccnc1N. The lowest BCUT2D eigenvalue weighted by molar-refractivity contribution is 0.600. The van der Waals surface area contributed by atoms with Crippen LogP contribution in [0.5, 0.6) is 0 Å². The normalized spacial score (nSPS) is 12.8. The number of alkyl halides is 1. The Bertz CT molecular complexity index is 263. The zero-order valence-electron chi connectivity index (χ0n) is 7.83. The van der Waals surface area contributed by atoms with Crippen molar-refractivity contribution in [3.63, 3.8) is 0 Å². The van der Waals surface area contributed by atoms with Gasteiger partial charge in [-0.15, -0.1) is 0 Å². The highest BCUT2D eigenvalue weighted by molar-refractivity contribution is 9.09. The van der Waals surface area contributed by atoms with Crippen LogP contribution in [0.1, 0.15) is 18.9 Å². The second-order valence-corrected chi connectivity index (χ2v) is 3.99. The van der Waals surface area contributed by atoms with E-state index in [9.17, 15) is 0 Å². The van der Waals surface area contributed by atoms with E-state index in [0.29, 0.717) is 11.7 Å². The highest BCUT2D eigenvalue weighted by Crippen LogP contribution is 2.14. The quantitative estimate of drug-likeness (QED) is 0.825. The molecule has 0 aliphatic heterocycles. The highest BCUT2D eigenvalue weighted by Gasteiger charge is 2.03. The van der Waals surface area contributed by atoms with Gasteiger partial charge in [-0.3, -0.25) is 0 Å². The van der Waals surface area contributed by atoms with Gasteiger partial charge < -0.3 is 5.73 Å². The fraction of sp³-hybridized carbons (Fsp3) is 0.500. The van der Waals surface area contributed by atoms with Gasteiger partial charge in [-0.2, -0.15) is 0 Å². The van der Waals surface area contributed by atoms with Gasteiger partial charge in [0, 0.05) is 11.5 Å². The van der Waals surface area contributed by atoms with Gasteiger partial charge in [-0.1, -0.05) is 28.9 Å². The molecule has 0 spiro atoms. The molecule has 0 saturated carbocycles. The predicted molar refractivity (Wildman–Crippen MR) is 59.9 cm³/mol. The van der Waals surface area contributed by atoms with Gasteiger partial charge in [0.1, 0.15) is 5.82 Å². The van der Waals surface area contributed by atoms with E-state index in [-0.39, 0.29) is 0 Å². The van der Waals surface area contributed by atoms with Crippen LogP contribution in [-0.4, -0.2) is 10.3 Å². The number of aryl methyl sites for hydroxylation is 1. The van der Waals surface area contributed by atoms with Crippen molar-refractivity contribution in [2.75, 3.05) is 11.1 Å². The molecular weight excluding hydrogens is 228 g/mol. The van der Waals surface area contributed by atoms with Crippen LogP contribution in [0.25, 0.3) is 0 Å². The van der Waals surface area contributed by atoms with E-state index in [4.69, 9.17) is 5.73 Å². The number of anilines is 1. The Hall–Kier alpha value is -0.570. The molecule has 0 fully saturated rings. The standard InChI is InChI=1S/C10H15BrN2/c1-8(7-11)4-5-9-3-2-6-13-10(9)12/h2-3,6,8H,4-5,7H2,1H3,(H2,12,13). The second kappa shape index (κ2) is 5.22. The maximum atomic E-state index is 5.73. The maximum absolute atomic E-state index is 5.73. The van der Waals surface area contributed by atoms with Gasteiger partial charge in [0.15, 0.2) is 0 Å². The number of halogens is 1. The molecule has 0 aliphatic carbocycles. The molecule has 0 aliphatic rings. The zero-order valence-corrected chi connectivity index (χ0v) is 9.42. The molecule has 1 rings (SSSR count). The molecule has 2 nitrogen and oxygen atoms in total. The van der Waals surface area contributed by atoms with Crippen molar-refractivity contribution in [1.82, 2.24) is 4.98 Å². The van der Waals surface area contributed by atoms with Crippen molar-refractivity contribution in [3.05, 3.63) is 23.9 Å². The van der Waals surface area contributed by atoms with Crippen LogP contribution in [-0.2, 0) is 6.42 Å². The maximum Gasteiger partial charge on any atom is 0.126 e. The van der Waals surface area contributed by atoms with Gasteiger partial charge in [-0.05, 0) is 30.4 Å². The Labute approximate surface area is 87.7 Å². The number of nitrogens with two attached hydrogens (primary N) is 1. The van der Waals surface area contributed by atoms with Gasteiger partial charge in [0.2, 0.25) is 0 Å². The summed E-state index contributed by atoms with van der Waals surface area (Å²) in [5.74, 6) is 1.36. The smallest absolute Gasteiger partial charge is 0.126 e.